The van der Waals surface area contributed by atoms with E-state index in [9.17, 15) is 5.11 Å². The lowest BCUT2D eigenvalue weighted by Gasteiger charge is -2.13. The molecule has 64 valence electrons. The summed E-state index contributed by atoms with van der Waals surface area (Å²) in [6, 6.07) is 6.21. The highest BCUT2D eigenvalue weighted by Crippen LogP contribution is 2.31. The Bertz CT molecular complexity index is 318. The molecule has 2 rings (SSSR count). The monoisotopic (exact) mass is 226 g/mol. The summed E-state index contributed by atoms with van der Waals surface area (Å²) in [5.41, 5.74) is 2.03. The van der Waals surface area contributed by atoms with Gasteiger partial charge >= 0.3 is 0 Å². The summed E-state index contributed by atoms with van der Waals surface area (Å²) in [6.07, 6.45) is 1.57. The maximum absolute atomic E-state index is 9.79. The number of aliphatic hydroxyl groups is 1. The van der Waals surface area contributed by atoms with Crippen molar-refractivity contribution in [3.05, 3.63) is 33.8 Å². The molecule has 0 saturated carbocycles. The van der Waals surface area contributed by atoms with Gasteiger partial charge in [0, 0.05) is 17.3 Å². The second-order valence-electron chi connectivity index (χ2n) is 3.76. The highest BCUT2D eigenvalue weighted by molar-refractivity contribution is 9.10. The van der Waals surface area contributed by atoms with E-state index in [2.05, 4.69) is 28.1 Å². The highest BCUT2D eigenvalue weighted by atomic mass is 79.9. The zero-order valence-electron chi connectivity index (χ0n) is 6.97. The maximum atomic E-state index is 9.79. The van der Waals surface area contributed by atoms with Gasteiger partial charge < -0.3 is 5.11 Å². The molecular formula is C10H11BrO. The van der Waals surface area contributed by atoms with Crippen LogP contribution >= 0.6 is 15.9 Å². The van der Waals surface area contributed by atoms with Crippen LogP contribution in [-0.2, 0) is 12.8 Å². The van der Waals surface area contributed by atoms with Gasteiger partial charge in [-0.15, -0.1) is 0 Å². The second-order valence-corrected chi connectivity index (χ2v) is 4.68. The molecule has 2 heteroatoms. The van der Waals surface area contributed by atoms with Gasteiger partial charge in [-0.2, -0.15) is 0 Å². The first-order valence-electron chi connectivity index (χ1n) is 4.06. The summed E-state index contributed by atoms with van der Waals surface area (Å²) in [4.78, 5) is 0. The van der Waals surface area contributed by atoms with Crippen LogP contribution in [0.25, 0.3) is 0 Å². The van der Waals surface area contributed by atoms with E-state index in [4.69, 9.17) is 0 Å². The lowest BCUT2D eigenvalue weighted by atomic mass is 10.0. The Morgan fingerprint density at radius 2 is 2.00 bits per heavy atom. The summed E-state index contributed by atoms with van der Waals surface area (Å²) < 4.78 is 1.10. The predicted octanol–water partition coefficient (Wildman–Crippen LogP) is 2.30. The highest BCUT2D eigenvalue weighted by Gasteiger charge is 2.29. The molecule has 1 N–H and O–H groups in total. The number of benzene rings is 1. The molecule has 0 fully saturated rings. The molecule has 0 aromatic heterocycles. The van der Waals surface area contributed by atoms with Gasteiger partial charge in [0.25, 0.3) is 0 Å². The first-order chi connectivity index (χ1) is 5.57. The van der Waals surface area contributed by atoms with Crippen LogP contribution in [-0.4, -0.2) is 10.7 Å². The van der Waals surface area contributed by atoms with Gasteiger partial charge in [0.1, 0.15) is 0 Å². The average molecular weight is 227 g/mol. The lowest BCUT2D eigenvalue weighted by molar-refractivity contribution is 0.0719. The van der Waals surface area contributed by atoms with Crippen molar-refractivity contribution in [2.45, 2.75) is 25.4 Å². The number of rotatable bonds is 0. The zero-order chi connectivity index (χ0) is 8.77. The molecule has 1 atom stereocenters. The Morgan fingerprint density at radius 3 is 2.75 bits per heavy atom. The van der Waals surface area contributed by atoms with Crippen molar-refractivity contribution in [1.29, 1.82) is 0 Å². The van der Waals surface area contributed by atoms with E-state index in [-0.39, 0.29) is 0 Å². The van der Waals surface area contributed by atoms with Crippen LogP contribution in [0, 0.1) is 0 Å². The van der Waals surface area contributed by atoms with E-state index >= 15 is 0 Å². The minimum atomic E-state index is -0.525. The van der Waals surface area contributed by atoms with E-state index in [1.807, 2.05) is 13.0 Å². The Hall–Kier alpha value is -0.340. The van der Waals surface area contributed by atoms with Crippen molar-refractivity contribution in [3.8, 4) is 0 Å². The van der Waals surface area contributed by atoms with Crippen LogP contribution in [0.2, 0.25) is 0 Å². The SMILES string of the molecule is C[C@@]1(O)Cc2ccc(Br)cc2C1. The van der Waals surface area contributed by atoms with Gasteiger partial charge in [-0.1, -0.05) is 22.0 Å². The molecule has 0 bridgehead atoms. The molecule has 0 saturated heterocycles. The van der Waals surface area contributed by atoms with E-state index in [0.29, 0.717) is 0 Å². The predicted molar refractivity (Wildman–Crippen MR) is 52.2 cm³/mol. The van der Waals surface area contributed by atoms with E-state index in [1.54, 1.807) is 0 Å². The number of hydrogen-bond donors (Lipinski definition) is 1. The van der Waals surface area contributed by atoms with Gasteiger partial charge in [0.2, 0.25) is 0 Å². The summed E-state index contributed by atoms with van der Waals surface area (Å²) in [7, 11) is 0. The minimum Gasteiger partial charge on any atom is -0.389 e. The Balaban J connectivity index is 2.43. The third-order valence-corrected chi connectivity index (χ3v) is 2.80. The van der Waals surface area contributed by atoms with Crippen LogP contribution in [0.15, 0.2) is 22.7 Å². The van der Waals surface area contributed by atoms with Crippen molar-refractivity contribution in [2.75, 3.05) is 0 Å². The summed E-state index contributed by atoms with van der Waals surface area (Å²) in [5.74, 6) is 0. The summed E-state index contributed by atoms with van der Waals surface area (Å²) in [6.45, 7) is 1.89. The van der Waals surface area contributed by atoms with Crippen molar-refractivity contribution in [2.24, 2.45) is 0 Å². The lowest BCUT2D eigenvalue weighted by Crippen LogP contribution is -2.23. The fourth-order valence-electron chi connectivity index (χ4n) is 1.81. The maximum Gasteiger partial charge on any atom is 0.0700 e. The fourth-order valence-corrected chi connectivity index (χ4v) is 2.22. The standard InChI is InChI=1S/C10H11BrO/c1-10(12)5-7-2-3-9(11)4-8(7)6-10/h2-4,12H,5-6H2,1H3/t10-/m1/s1. The second kappa shape index (κ2) is 2.57. The van der Waals surface area contributed by atoms with E-state index in [1.165, 1.54) is 11.1 Å². The largest absolute Gasteiger partial charge is 0.389 e. The molecule has 1 aliphatic carbocycles. The molecule has 1 nitrogen and oxygen atoms in total. The van der Waals surface area contributed by atoms with Crippen molar-refractivity contribution < 1.29 is 5.11 Å². The van der Waals surface area contributed by atoms with Crippen molar-refractivity contribution >= 4 is 15.9 Å². The first-order valence-corrected chi connectivity index (χ1v) is 4.86. The van der Waals surface area contributed by atoms with Gasteiger partial charge in [-0.3, -0.25) is 0 Å². The molecule has 0 amide bonds. The fraction of sp³-hybridized carbons (Fsp3) is 0.400. The van der Waals surface area contributed by atoms with Crippen molar-refractivity contribution in [3.63, 3.8) is 0 Å². The molecule has 0 spiro atoms. The molecule has 0 radical (unpaired) electrons. The van der Waals surface area contributed by atoms with Gasteiger partial charge in [0.15, 0.2) is 0 Å². The van der Waals surface area contributed by atoms with Gasteiger partial charge in [-0.25, -0.2) is 0 Å². The molecule has 0 heterocycles. The van der Waals surface area contributed by atoms with E-state index in [0.717, 1.165) is 17.3 Å². The van der Waals surface area contributed by atoms with Crippen LogP contribution < -0.4 is 0 Å². The van der Waals surface area contributed by atoms with Gasteiger partial charge in [-0.05, 0) is 30.2 Å². The van der Waals surface area contributed by atoms with Crippen LogP contribution in [0.4, 0.5) is 0 Å². The minimum absolute atomic E-state index is 0.525. The molecule has 1 aromatic rings. The van der Waals surface area contributed by atoms with Crippen LogP contribution in [0.3, 0.4) is 0 Å². The Labute approximate surface area is 80.5 Å². The zero-order valence-corrected chi connectivity index (χ0v) is 8.56. The molecule has 12 heavy (non-hydrogen) atoms. The molecular weight excluding hydrogens is 216 g/mol. The molecule has 1 aromatic carbocycles. The first kappa shape index (κ1) is 8.27. The molecule has 1 aliphatic rings. The third-order valence-electron chi connectivity index (χ3n) is 2.31. The topological polar surface area (TPSA) is 20.2 Å². The van der Waals surface area contributed by atoms with Crippen LogP contribution in [0.1, 0.15) is 18.1 Å². The molecule has 0 unspecified atom stereocenters. The normalized spacial score (nSPS) is 27.2. The number of hydrogen-bond acceptors (Lipinski definition) is 1. The number of halogens is 1. The summed E-state index contributed by atoms with van der Waals surface area (Å²) in [5, 5.41) is 9.79. The number of fused-ring (bicyclic) bond motifs is 1. The smallest absolute Gasteiger partial charge is 0.0700 e. The van der Waals surface area contributed by atoms with Gasteiger partial charge in [0.05, 0.1) is 5.60 Å². The van der Waals surface area contributed by atoms with Crippen molar-refractivity contribution in [1.82, 2.24) is 0 Å². The van der Waals surface area contributed by atoms with E-state index < -0.39 is 5.60 Å². The average Bonchev–Trinajstić information content (AvgIpc) is 2.21. The van der Waals surface area contributed by atoms with Crippen LogP contribution in [0.5, 0.6) is 0 Å². The summed E-state index contributed by atoms with van der Waals surface area (Å²) >= 11 is 3.42. The quantitative estimate of drug-likeness (QED) is 0.720. The Morgan fingerprint density at radius 1 is 1.33 bits per heavy atom. The molecule has 0 aliphatic heterocycles. The third kappa shape index (κ3) is 1.41. The Kier molecular flexibility index (Phi) is 1.77.